The van der Waals surface area contributed by atoms with Crippen molar-refractivity contribution in [2.24, 2.45) is 0 Å². The number of aromatic nitrogens is 5. The molecule has 2 rings (SSSR count). The van der Waals surface area contributed by atoms with Crippen LogP contribution < -0.4 is 0 Å². The van der Waals surface area contributed by atoms with E-state index in [-0.39, 0.29) is 0 Å². The third-order valence-corrected chi connectivity index (χ3v) is 2.44. The SMILES string of the molecule is CCCc1nc(Cn2cc(C(C)(C)O)nn2)no1. The van der Waals surface area contributed by atoms with Gasteiger partial charge < -0.3 is 9.63 Å². The predicted octanol–water partition coefficient (Wildman–Crippen LogP) is 0.889. The fraction of sp³-hybridized carbons (Fsp3) is 0.636. The summed E-state index contributed by atoms with van der Waals surface area (Å²) in [7, 11) is 0. The second-order valence-corrected chi connectivity index (χ2v) is 4.71. The van der Waals surface area contributed by atoms with Gasteiger partial charge in [0.1, 0.15) is 17.8 Å². The van der Waals surface area contributed by atoms with Gasteiger partial charge >= 0.3 is 0 Å². The fourth-order valence-electron chi connectivity index (χ4n) is 1.47. The third kappa shape index (κ3) is 2.92. The number of hydrogen-bond donors (Lipinski definition) is 1. The highest BCUT2D eigenvalue weighted by atomic mass is 16.5. The Morgan fingerprint density at radius 3 is 2.83 bits per heavy atom. The summed E-state index contributed by atoms with van der Waals surface area (Å²) < 4.78 is 6.66. The molecule has 0 saturated heterocycles. The average molecular weight is 251 g/mol. The van der Waals surface area contributed by atoms with E-state index in [1.54, 1.807) is 24.7 Å². The van der Waals surface area contributed by atoms with Crippen molar-refractivity contribution < 1.29 is 9.63 Å². The first-order valence-corrected chi connectivity index (χ1v) is 5.93. The summed E-state index contributed by atoms with van der Waals surface area (Å²) in [6, 6.07) is 0. The molecule has 0 bridgehead atoms. The molecule has 0 aliphatic rings. The van der Waals surface area contributed by atoms with Crippen molar-refractivity contribution in [1.29, 1.82) is 0 Å². The van der Waals surface area contributed by atoms with Gasteiger partial charge in [-0.1, -0.05) is 17.3 Å². The van der Waals surface area contributed by atoms with Gasteiger partial charge in [0.15, 0.2) is 5.82 Å². The lowest BCUT2D eigenvalue weighted by Crippen LogP contribution is -2.15. The fourth-order valence-corrected chi connectivity index (χ4v) is 1.47. The Balaban J connectivity index is 2.06. The summed E-state index contributed by atoms with van der Waals surface area (Å²) >= 11 is 0. The Morgan fingerprint density at radius 2 is 2.22 bits per heavy atom. The molecule has 0 spiro atoms. The van der Waals surface area contributed by atoms with Crippen molar-refractivity contribution in [2.45, 2.75) is 45.8 Å². The molecule has 2 aromatic heterocycles. The maximum Gasteiger partial charge on any atom is 0.226 e. The molecule has 0 atom stereocenters. The summed E-state index contributed by atoms with van der Waals surface area (Å²) in [6.45, 7) is 5.76. The van der Waals surface area contributed by atoms with Crippen molar-refractivity contribution in [3.63, 3.8) is 0 Å². The molecular weight excluding hydrogens is 234 g/mol. The van der Waals surface area contributed by atoms with Crippen LogP contribution in [0.2, 0.25) is 0 Å². The number of hydrogen-bond acceptors (Lipinski definition) is 6. The van der Waals surface area contributed by atoms with Crippen LogP contribution in [0.3, 0.4) is 0 Å². The van der Waals surface area contributed by atoms with Crippen molar-refractivity contribution in [2.75, 3.05) is 0 Å². The molecular formula is C11H17N5O2. The highest BCUT2D eigenvalue weighted by Crippen LogP contribution is 2.15. The Kier molecular flexibility index (Phi) is 3.42. The molecule has 98 valence electrons. The largest absolute Gasteiger partial charge is 0.384 e. The molecule has 1 N–H and O–H groups in total. The molecule has 2 heterocycles. The Bertz CT molecular complexity index is 511. The number of aliphatic hydroxyl groups is 1. The summed E-state index contributed by atoms with van der Waals surface area (Å²) in [5, 5.41) is 21.5. The predicted molar refractivity (Wildman–Crippen MR) is 62.7 cm³/mol. The minimum atomic E-state index is -0.997. The normalized spacial score (nSPS) is 12.0. The lowest BCUT2D eigenvalue weighted by Gasteiger charge is -2.11. The molecule has 18 heavy (non-hydrogen) atoms. The summed E-state index contributed by atoms with van der Waals surface area (Å²) in [4.78, 5) is 4.24. The first-order valence-electron chi connectivity index (χ1n) is 5.93. The molecule has 0 unspecified atom stereocenters. The maximum absolute atomic E-state index is 9.78. The van der Waals surface area contributed by atoms with Gasteiger partial charge in [-0.15, -0.1) is 5.10 Å². The van der Waals surface area contributed by atoms with Crippen molar-refractivity contribution >= 4 is 0 Å². The van der Waals surface area contributed by atoms with E-state index in [0.29, 0.717) is 24.0 Å². The van der Waals surface area contributed by atoms with Gasteiger partial charge in [-0.05, 0) is 20.3 Å². The molecule has 0 aliphatic heterocycles. The van der Waals surface area contributed by atoms with Gasteiger partial charge in [0, 0.05) is 6.42 Å². The minimum absolute atomic E-state index is 0.385. The van der Waals surface area contributed by atoms with Crippen LogP contribution in [0.1, 0.15) is 44.6 Å². The van der Waals surface area contributed by atoms with Gasteiger partial charge in [0.05, 0.1) is 6.20 Å². The van der Waals surface area contributed by atoms with Crippen LogP contribution >= 0.6 is 0 Å². The molecule has 0 radical (unpaired) electrons. The van der Waals surface area contributed by atoms with E-state index in [4.69, 9.17) is 4.52 Å². The van der Waals surface area contributed by atoms with E-state index >= 15 is 0 Å². The van der Waals surface area contributed by atoms with Gasteiger partial charge in [-0.25, -0.2) is 4.68 Å². The number of aryl methyl sites for hydroxylation is 1. The zero-order valence-corrected chi connectivity index (χ0v) is 10.8. The van der Waals surface area contributed by atoms with Gasteiger partial charge in [0.2, 0.25) is 5.89 Å². The van der Waals surface area contributed by atoms with Crippen LogP contribution in [0.25, 0.3) is 0 Å². The Hall–Kier alpha value is -1.76. The van der Waals surface area contributed by atoms with Crippen LogP contribution in [-0.4, -0.2) is 30.2 Å². The topological polar surface area (TPSA) is 89.9 Å². The van der Waals surface area contributed by atoms with Crippen LogP contribution in [0, 0.1) is 0 Å². The van der Waals surface area contributed by atoms with E-state index in [2.05, 4.69) is 27.4 Å². The Labute approximate surface area is 105 Å². The van der Waals surface area contributed by atoms with E-state index in [1.165, 1.54) is 0 Å². The zero-order chi connectivity index (χ0) is 13.2. The molecule has 0 aromatic carbocycles. The van der Waals surface area contributed by atoms with Crippen molar-refractivity contribution in [3.05, 3.63) is 23.6 Å². The van der Waals surface area contributed by atoms with Crippen LogP contribution in [0.4, 0.5) is 0 Å². The average Bonchev–Trinajstić information content (AvgIpc) is 2.88. The lowest BCUT2D eigenvalue weighted by atomic mass is 10.1. The summed E-state index contributed by atoms with van der Waals surface area (Å²) in [5.74, 6) is 1.20. The monoisotopic (exact) mass is 251 g/mol. The third-order valence-electron chi connectivity index (χ3n) is 2.44. The van der Waals surface area contributed by atoms with E-state index < -0.39 is 5.60 Å². The number of nitrogens with zero attached hydrogens (tertiary/aromatic N) is 5. The second kappa shape index (κ2) is 4.85. The van der Waals surface area contributed by atoms with Crippen LogP contribution in [0.15, 0.2) is 10.7 Å². The van der Waals surface area contributed by atoms with Gasteiger partial charge in [-0.2, -0.15) is 4.98 Å². The first-order chi connectivity index (χ1) is 8.49. The quantitative estimate of drug-likeness (QED) is 0.848. The van der Waals surface area contributed by atoms with Gasteiger partial charge in [0.25, 0.3) is 0 Å². The molecule has 0 saturated carbocycles. The Morgan fingerprint density at radius 1 is 1.44 bits per heavy atom. The highest BCUT2D eigenvalue weighted by molar-refractivity contribution is 5.03. The van der Waals surface area contributed by atoms with Crippen LogP contribution in [-0.2, 0) is 18.6 Å². The highest BCUT2D eigenvalue weighted by Gasteiger charge is 2.20. The number of rotatable bonds is 5. The van der Waals surface area contributed by atoms with Crippen molar-refractivity contribution in [1.82, 2.24) is 25.1 Å². The van der Waals surface area contributed by atoms with Gasteiger partial charge in [-0.3, -0.25) is 0 Å². The molecule has 7 heteroatoms. The minimum Gasteiger partial charge on any atom is -0.384 e. The van der Waals surface area contributed by atoms with Crippen molar-refractivity contribution in [3.8, 4) is 0 Å². The molecule has 0 fully saturated rings. The summed E-state index contributed by atoms with van der Waals surface area (Å²) in [5.41, 5.74) is -0.483. The summed E-state index contributed by atoms with van der Waals surface area (Å²) in [6.07, 6.45) is 3.42. The molecule has 0 amide bonds. The first kappa shape index (κ1) is 12.7. The smallest absolute Gasteiger partial charge is 0.226 e. The maximum atomic E-state index is 9.78. The zero-order valence-electron chi connectivity index (χ0n) is 10.8. The standard InChI is InChI=1S/C11H17N5O2/c1-4-5-10-12-9(14-18-10)7-16-6-8(13-15-16)11(2,3)17/h6,17H,4-5,7H2,1-3H3. The van der Waals surface area contributed by atoms with Crippen LogP contribution in [0.5, 0.6) is 0 Å². The van der Waals surface area contributed by atoms with E-state index in [9.17, 15) is 5.11 Å². The lowest BCUT2D eigenvalue weighted by molar-refractivity contribution is 0.0737. The van der Waals surface area contributed by atoms with E-state index in [1.807, 2.05) is 0 Å². The second-order valence-electron chi connectivity index (χ2n) is 4.71. The molecule has 0 aliphatic carbocycles. The molecule has 7 nitrogen and oxygen atoms in total. The van der Waals surface area contributed by atoms with E-state index in [0.717, 1.165) is 12.8 Å². The molecule has 2 aromatic rings.